The van der Waals surface area contributed by atoms with E-state index in [1.807, 2.05) is 0 Å². The Kier molecular flexibility index (Phi) is 3.56. The minimum Gasteiger partial charge on any atom is -0.381 e. The third-order valence-corrected chi connectivity index (χ3v) is 6.12. The van der Waals surface area contributed by atoms with Crippen LogP contribution in [0.1, 0.15) is 33.1 Å². The van der Waals surface area contributed by atoms with Gasteiger partial charge in [-0.25, -0.2) is 8.42 Å². The van der Waals surface area contributed by atoms with E-state index in [4.69, 9.17) is 4.74 Å². The highest BCUT2D eigenvalue weighted by atomic mass is 32.2. The zero-order valence-corrected chi connectivity index (χ0v) is 10.9. The first-order chi connectivity index (χ1) is 7.53. The number of hydrogen-bond donors (Lipinski definition) is 0. The van der Waals surface area contributed by atoms with Crippen molar-refractivity contribution in [3.8, 4) is 0 Å². The van der Waals surface area contributed by atoms with Gasteiger partial charge in [0, 0.05) is 25.8 Å². The molecule has 0 aromatic heterocycles. The van der Waals surface area contributed by atoms with Gasteiger partial charge in [-0.05, 0) is 25.2 Å². The van der Waals surface area contributed by atoms with Crippen LogP contribution in [-0.2, 0) is 14.8 Å². The topological polar surface area (TPSA) is 46.6 Å². The second-order valence-electron chi connectivity index (χ2n) is 5.07. The molecule has 2 aliphatic rings. The maximum Gasteiger partial charge on any atom is 0.217 e. The summed E-state index contributed by atoms with van der Waals surface area (Å²) in [6, 6.07) is 0.229. The predicted octanol–water partition coefficient (Wildman–Crippen LogP) is 1.23. The normalized spacial score (nSPS) is 29.3. The maximum absolute atomic E-state index is 12.4. The van der Waals surface area contributed by atoms with Gasteiger partial charge in [0.05, 0.1) is 5.25 Å². The zero-order chi connectivity index (χ0) is 11.8. The molecule has 2 fully saturated rings. The molecular weight excluding hydrogens is 226 g/mol. The zero-order valence-electron chi connectivity index (χ0n) is 10.1. The molecule has 2 saturated heterocycles. The Morgan fingerprint density at radius 3 is 2.25 bits per heavy atom. The first-order valence-corrected chi connectivity index (χ1v) is 7.62. The summed E-state index contributed by atoms with van der Waals surface area (Å²) in [5.41, 5.74) is 0. The van der Waals surface area contributed by atoms with Crippen LogP contribution in [0.5, 0.6) is 0 Å². The maximum atomic E-state index is 12.4. The van der Waals surface area contributed by atoms with E-state index in [1.54, 1.807) is 4.31 Å². The molecule has 0 amide bonds. The lowest BCUT2D eigenvalue weighted by Crippen LogP contribution is -2.56. The number of ether oxygens (including phenoxy) is 1. The lowest BCUT2D eigenvalue weighted by atomic mass is 9.95. The average molecular weight is 247 g/mol. The second-order valence-corrected chi connectivity index (χ2v) is 7.23. The van der Waals surface area contributed by atoms with Crippen molar-refractivity contribution >= 4 is 10.0 Å². The Bertz CT molecular complexity index is 333. The molecule has 0 aromatic rings. The van der Waals surface area contributed by atoms with Crippen molar-refractivity contribution in [3.63, 3.8) is 0 Å². The summed E-state index contributed by atoms with van der Waals surface area (Å²) in [5, 5.41) is -0.206. The molecular formula is C11H21NO3S. The highest BCUT2D eigenvalue weighted by Crippen LogP contribution is 2.31. The van der Waals surface area contributed by atoms with E-state index in [2.05, 4.69) is 13.8 Å². The monoisotopic (exact) mass is 247 g/mol. The summed E-state index contributed by atoms with van der Waals surface area (Å²) in [6.07, 6.45) is 2.33. The molecule has 2 heterocycles. The molecule has 0 aromatic carbocycles. The van der Waals surface area contributed by atoms with E-state index < -0.39 is 10.0 Å². The van der Waals surface area contributed by atoms with Crippen LogP contribution in [0.4, 0.5) is 0 Å². The number of nitrogens with zero attached hydrogens (tertiary/aromatic N) is 1. The van der Waals surface area contributed by atoms with Crippen molar-refractivity contribution in [3.05, 3.63) is 0 Å². The van der Waals surface area contributed by atoms with Crippen LogP contribution in [0.25, 0.3) is 0 Å². The number of rotatable bonds is 3. The number of sulfonamides is 1. The van der Waals surface area contributed by atoms with E-state index in [1.165, 1.54) is 0 Å². The van der Waals surface area contributed by atoms with E-state index in [9.17, 15) is 8.42 Å². The quantitative estimate of drug-likeness (QED) is 0.753. The predicted molar refractivity (Wildman–Crippen MR) is 62.7 cm³/mol. The standard InChI is InChI=1S/C11H21NO3S/c1-9(2)11-3-6-12(11)16(13,14)10-4-7-15-8-5-10/h9-11H,3-8H2,1-2H3/t11-/m1/s1. The molecule has 0 bridgehead atoms. The minimum atomic E-state index is -3.07. The summed E-state index contributed by atoms with van der Waals surface area (Å²) in [6.45, 7) is 6.07. The highest BCUT2D eigenvalue weighted by molar-refractivity contribution is 7.89. The number of hydrogen-bond acceptors (Lipinski definition) is 3. The molecule has 0 unspecified atom stereocenters. The third-order valence-electron chi connectivity index (χ3n) is 3.70. The first-order valence-electron chi connectivity index (χ1n) is 6.12. The second kappa shape index (κ2) is 4.63. The Labute approximate surface area is 98.0 Å². The lowest BCUT2D eigenvalue weighted by Gasteiger charge is -2.44. The van der Waals surface area contributed by atoms with Crippen molar-refractivity contribution in [2.45, 2.75) is 44.4 Å². The third kappa shape index (κ3) is 2.13. The summed E-state index contributed by atoms with van der Waals surface area (Å²) in [7, 11) is -3.07. The van der Waals surface area contributed by atoms with Gasteiger partial charge in [-0.15, -0.1) is 0 Å². The summed E-state index contributed by atoms with van der Waals surface area (Å²) in [5.74, 6) is 0.420. The summed E-state index contributed by atoms with van der Waals surface area (Å²) < 4.78 is 31.6. The molecule has 1 atom stereocenters. The van der Waals surface area contributed by atoms with Gasteiger partial charge in [0.1, 0.15) is 0 Å². The van der Waals surface area contributed by atoms with Gasteiger partial charge >= 0.3 is 0 Å². The van der Waals surface area contributed by atoms with Crippen LogP contribution in [0.15, 0.2) is 0 Å². The molecule has 0 N–H and O–H groups in total. The molecule has 0 aliphatic carbocycles. The molecule has 4 nitrogen and oxygen atoms in total. The molecule has 0 saturated carbocycles. The van der Waals surface area contributed by atoms with Crippen molar-refractivity contribution in [1.82, 2.24) is 4.31 Å². The van der Waals surface area contributed by atoms with Crippen molar-refractivity contribution < 1.29 is 13.2 Å². The molecule has 0 radical (unpaired) electrons. The molecule has 2 rings (SSSR count). The molecule has 5 heteroatoms. The Morgan fingerprint density at radius 1 is 1.19 bits per heavy atom. The van der Waals surface area contributed by atoms with E-state index >= 15 is 0 Å². The van der Waals surface area contributed by atoms with Crippen LogP contribution in [-0.4, -0.2) is 43.8 Å². The molecule has 94 valence electrons. The van der Waals surface area contributed by atoms with Crippen molar-refractivity contribution in [1.29, 1.82) is 0 Å². The summed E-state index contributed by atoms with van der Waals surface area (Å²) >= 11 is 0. The summed E-state index contributed by atoms with van der Waals surface area (Å²) in [4.78, 5) is 0. The molecule has 2 aliphatic heterocycles. The Hall–Kier alpha value is -0.130. The van der Waals surface area contributed by atoms with Crippen LogP contribution in [0, 0.1) is 5.92 Å². The Balaban J connectivity index is 2.06. The van der Waals surface area contributed by atoms with E-state index in [0.29, 0.717) is 38.5 Å². The Morgan fingerprint density at radius 2 is 1.81 bits per heavy atom. The lowest BCUT2D eigenvalue weighted by molar-refractivity contribution is 0.0926. The van der Waals surface area contributed by atoms with Crippen LogP contribution in [0.2, 0.25) is 0 Å². The van der Waals surface area contributed by atoms with Gasteiger partial charge in [-0.2, -0.15) is 4.31 Å². The van der Waals surface area contributed by atoms with Crippen molar-refractivity contribution in [2.24, 2.45) is 5.92 Å². The molecule has 16 heavy (non-hydrogen) atoms. The minimum absolute atomic E-state index is 0.206. The first kappa shape index (κ1) is 12.3. The fourth-order valence-corrected chi connectivity index (χ4v) is 4.79. The fourth-order valence-electron chi connectivity index (χ4n) is 2.53. The SMILES string of the molecule is CC(C)[C@H]1CCN1S(=O)(=O)C1CCOCC1. The van der Waals surface area contributed by atoms with E-state index in [0.717, 1.165) is 6.42 Å². The van der Waals surface area contributed by atoms with Crippen LogP contribution >= 0.6 is 0 Å². The van der Waals surface area contributed by atoms with Gasteiger partial charge < -0.3 is 4.74 Å². The van der Waals surface area contributed by atoms with Gasteiger partial charge in [0.25, 0.3) is 0 Å². The van der Waals surface area contributed by atoms with Gasteiger partial charge in [-0.1, -0.05) is 13.8 Å². The van der Waals surface area contributed by atoms with E-state index in [-0.39, 0.29) is 11.3 Å². The largest absolute Gasteiger partial charge is 0.381 e. The van der Waals surface area contributed by atoms with Crippen LogP contribution in [0.3, 0.4) is 0 Å². The van der Waals surface area contributed by atoms with Gasteiger partial charge in [0.15, 0.2) is 0 Å². The van der Waals surface area contributed by atoms with Crippen LogP contribution < -0.4 is 0 Å². The smallest absolute Gasteiger partial charge is 0.217 e. The fraction of sp³-hybridized carbons (Fsp3) is 1.00. The van der Waals surface area contributed by atoms with Gasteiger partial charge in [0.2, 0.25) is 10.0 Å². The highest BCUT2D eigenvalue weighted by Gasteiger charge is 2.43. The average Bonchev–Trinajstić information content (AvgIpc) is 2.15. The molecule has 0 spiro atoms. The van der Waals surface area contributed by atoms with Crippen molar-refractivity contribution in [2.75, 3.05) is 19.8 Å². The van der Waals surface area contributed by atoms with Gasteiger partial charge in [-0.3, -0.25) is 0 Å².